The lowest BCUT2D eigenvalue weighted by Gasteiger charge is -2.46. The first kappa shape index (κ1) is 17.0. The SMILES string of the molecule is CCN(CC)C(C)(CC)C(NC)c1ccccc1OC. The first-order valence-electron chi connectivity index (χ1n) is 7.64. The van der Waals surface area contributed by atoms with Crippen LogP contribution in [0.25, 0.3) is 0 Å². The largest absolute Gasteiger partial charge is 0.496 e. The fourth-order valence-electron chi connectivity index (χ4n) is 3.26. The molecule has 0 spiro atoms. The number of nitrogens with zero attached hydrogens (tertiary/aromatic N) is 1. The maximum Gasteiger partial charge on any atom is 0.123 e. The summed E-state index contributed by atoms with van der Waals surface area (Å²) in [5.74, 6) is 0.957. The van der Waals surface area contributed by atoms with Gasteiger partial charge in [0.15, 0.2) is 0 Å². The van der Waals surface area contributed by atoms with Crippen LogP contribution in [0.3, 0.4) is 0 Å². The normalized spacial score (nSPS) is 15.9. The molecule has 1 rings (SSSR count). The second-order valence-electron chi connectivity index (χ2n) is 5.35. The van der Waals surface area contributed by atoms with E-state index in [4.69, 9.17) is 4.74 Å². The summed E-state index contributed by atoms with van der Waals surface area (Å²) in [5, 5.41) is 3.51. The summed E-state index contributed by atoms with van der Waals surface area (Å²) in [6.07, 6.45) is 1.08. The summed E-state index contributed by atoms with van der Waals surface area (Å²) in [5.41, 5.74) is 1.29. The number of hydrogen-bond donors (Lipinski definition) is 1. The van der Waals surface area contributed by atoms with Crippen molar-refractivity contribution in [2.75, 3.05) is 27.2 Å². The van der Waals surface area contributed by atoms with Crippen molar-refractivity contribution < 1.29 is 4.74 Å². The molecule has 1 N–H and O–H groups in total. The van der Waals surface area contributed by atoms with Crippen LogP contribution < -0.4 is 10.1 Å². The van der Waals surface area contributed by atoms with E-state index in [-0.39, 0.29) is 11.6 Å². The lowest BCUT2D eigenvalue weighted by Crippen LogP contribution is -2.53. The summed E-state index contributed by atoms with van der Waals surface area (Å²) < 4.78 is 5.56. The van der Waals surface area contributed by atoms with Crippen molar-refractivity contribution in [3.63, 3.8) is 0 Å². The summed E-state index contributed by atoms with van der Waals surface area (Å²) >= 11 is 0. The van der Waals surface area contributed by atoms with Gasteiger partial charge in [-0.2, -0.15) is 0 Å². The number of ether oxygens (including phenoxy) is 1. The Kier molecular flexibility index (Phi) is 6.50. The summed E-state index contributed by atoms with van der Waals surface area (Å²) in [4.78, 5) is 2.53. The molecule has 1 aromatic carbocycles. The number of hydrogen-bond acceptors (Lipinski definition) is 3. The number of likely N-dealkylation sites (N-methyl/N-ethyl adjacent to an activating group) is 2. The molecule has 0 heterocycles. The van der Waals surface area contributed by atoms with Crippen LogP contribution in [-0.4, -0.2) is 37.7 Å². The van der Waals surface area contributed by atoms with Gasteiger partial charge >= 0.3 is 0 Å². The summed E-state index contributed by atoms with van der Waals surface area (Å²) in [7, 11) is 3.78. The highest BCUT2D eigenvalue weighted by Gasteiger charge is 2.38. The molecule has 0 saturated carbocycles. The van der Waals surface area contributed by atoms with Crippen LogP contribution in [0.2, 0.25) is 0 Å². The molecule has 0 bridgehead atoms. The van der Waals surface area contributed by atoms with E-state index < -0.39 is 0 Å². The van der Waals surface area contributed by atoms with Crippen LogP contribution in [-0.2, 0) is 0 Å². The van der Waals surface area contributed by atoms with Crippen molar-refractivity contribution in [2.45, 2.75) is 45.7 Å². The fraction of sp³-hybridized carbons (Fsp3) is 0.647. The number of methoxy groups -OCH3 is 1. The Hall–Kier alpha value is -1.06. The monoisotopic (exact) mass is 278 g/mol. The number of benzene rings is 1. The average Bonchev–Trinajstić information content (AvgIpc) is 2.49. The van der Waals surface area contributed by atoms with Gasteiger partial charge in [-0.05, 0) is 39.5 Å². The van der Waals surface area contributed by atoms with Crippen LogP contribution >= 0.6 is 0 Å². The highest BCUT2D eigenvalue weighted by molar-refractivity contribution is 5.37. The third-order valence-electron chi connectivity index (χ3n) is 4.56. The average molecular weight is 278 g/mol. The van der Waals surface area contributed by atoms with Gasteiger partial charge in [0.25, 0.3) is 0 Å². The Morgan fingerprint density at radius 2 is 1.80 bits per heavy atom. The van der Waals surface area contributed by atoms with Gasteiger partial charge in [-0.3, -0.25) is 4.90 Å². The molecule has 0 aliphatic carbocycles. The Morgan fingerprint density at radius 3 is 2.25 bits per heavy atom. The second kappa shape index (κ2) is 7.65. The highest BCUT2D eigenvalue weighted by atomic mass is 16.5. The molecule has 0 amide bonds. The van der Waals surface area contributed by atoms with Gasteiger partial charge in [-0.15, -0.1) is 0 Å². The molecule has 0 saturated heterocycles. The summed E-state index contributed by atoms with van der Waals surface area (Å²) in [6.45, 7) is 11.2. The second-order valence-corrected chi connectivity index (χ2v) is 5.35. The van der Waals surface area contributed by atoms with Gasteiger partial charge < -0.3 is 10.1 Å². The van der Waals surface area contributed by atoms with Crippen molar-refractivity contribution in [3.8, 4) is 5.75 Å². The molecule has 0 aromatic heterocycles. The highest BCUT2D eigenvalue weighted by Crippen LogP contribution is 2.37. The minimum absolute atomic E-state index is 0.0624. The van der Waals surface area contributed by atoms with E-state index in [2.05, 4.69) is 50.0 Å². The van der Waals surface area contributed by atoms with E-state index in [0.29, 0.717) is 0 Å². The molecular formula is C17H30N2O. The van der Waals surface area contributed by atoms with E-state index in [1.54, 1.807) is 7.11 Å². The first-order valence-corrected chi connectivity index (χ1v) is 7.64. The van der Waals surface area contributed by atoms with E-state index >= 15 is 0 Å². The minimum Gasteiger partial charge on any atom is -0.496 e. The molecule has 114 valence electrons. The van der Waals surface area contributed by atoms with Crippen LogP contribution in [0, 0.1) is 0 Å². The third-order valence-corrected chi connectivity index (χ3v) is 4.56. The zero-order valence-corrected chi connectivity index (χ0v) is 13.9. The molecule has 0 aliphatic heterocycles. The van der Waals surface area contributed by atoms with Gasteiger partial charge in [0.05, 0.1) is 13.2 Å². The number of nitrogens with one attached hydrogen (secondary N) is 1. The fourth-order valence-corrected chi connectivity index (χ4v) is 3.26. The minimum atomic E-state index is 0.0624. The molecule has 0 fully saturated rings. The molecule has 20 heavy (non-hydrogen) atoms. The van der Waals surface area contributed by atoms with E-state index in [1.165, 1.54) is 5.56 Å². The molecule has 2 atom stereocenters. The third kappa shape index (κ3) is 3.15. The van der Waals surface area contributed by atoms with E-state index in [0.717, 1.165) is 25.3 Å². The Bertz CT molecular complexity index is 404. The molecule has 3 nitrogen and oxygen atoms in total. The predicted octanol–water partition coefficient (Wildman–Crippen LogP) is 3.47. The molecular weight excluding hydrogens is 248 g/mol. The lowest BCUT2D eigenvalue weighted by molar-refractivity contribution is 0.0718. The topological polar surface area (TPSA) is 24.5 Å². The Balaban J connectivity index is 3.27. The van der Waals surface area contributed by atoms with Crippen LogP contribution in [0.1, 0.15) is 45.7 Å². The molecule has 1 aromatic rings. The zero-order chi connectivity index (χ0) is 15.2. The lowest BCUT2D eigenvalue weighted by atomic mass is 9.82. The van der Waals surface area contributed by atoms with Gasteiger partial charge in [0, 0.05) is 11.1 Å². The number of rotatable bonds is 8. The quantitative estimate of drug-likeness (QED) is 0.788. The van der Waals surface area contributed by atoms with Crippen molar-refractivity contribution in [1.82, 2.24) is 10.2 Å². The van der Waals surface area contributed by atoms with Gasteiger partial charge in [-0.25, -0.2) is 0 Å². The smallest absolute Gasteiger partial charge is 0.123 e. The van der Waals surface area contributed by atoms with Crippen molar-refractivity contribution >= 4 is 0 Å². The molecule has 3 heteroatoms. The maximum atomic E-state index is 5.56. The van der Waals surface area contributed by atoms with Crippen LogP contribution in [0.5, 0.6) is 5.75 Å². The van der Waals surface area contributed by atoms with E-state index in [9.17, 15) is 0 Å². The predicted molar refractivity (Wildman–Crippen MR) is 86.4 cm³/mol. The van der Waals surface area contributed by atoms with Gasteiger partial charge in [0.2, 0.25) is 0 Å². The van der Waals surface area contributed by atoms with Crippen LogP contribution in [0.4, 0.5) is 0 Å². The summed E-state index contributed by atoms with van der Waals surface area (Å²) in [6, 6.07) is 8.55. The van der Waals surface area contributed by atoms with Crippen molar-refractivity contribution in [3.05, 3.63) is 29.8 Å². The Labute approximate surface area is 124 Å². The maximum absolute atomic E-state index is 5.56. The first-order chi connectivity index (χ1) is 9.58. The van der Waals surface area contributed by atoms with E-state index in [1.807, 2.05) is 19.2 Å². The standard InChI is InChI=1S/C17H30N2O/c1-7-17(4,19(8-2)9-3)16(18-5)14-12-10-11-13-15(14)20-6/h10-13,16,18H,7-9H2,1-6H3. The molecule has 0 radical (unpaired) electrons. The number of para-hydroxylation sites is 1. The van der Waals surface area contributed by atoms with Crippen molar-refractivity contribution in [1.29, 1.82) is 0 Å². The van der Waals surface area contributed by atoms with Crippen LogP contribution in [0.15, 0.2) is 24.3 Å². The van der Waals surface area contributed by atoms with Gasteiger partial charge in [0.1, 0.15) is 5.75 Å². The van der Waals surface area contributed by atoms with Crippen molar-refractivity contribution in [2.24, 2.45) is 0 Å². The zero-order valence-electron chi connectivity index (χ0n) is 13.9. The van der Waals surface area contributed by atoms with Gasteiger partial charge in [-0.1, -0.05) is 39.0 Å². The molecule has 2 unspecified atom stereocenters. The Morgan fingerprint density at radius 1 is 1.20 bits per heavy atom. The molecule has 0 aliphatic rings.